The Kier molecular flexibility index (Phi) is 9.20. The second kappa shape index (κ2) is 12.5. The number of nitrogens with zero attached hydrogens (tertiary/aromatic N) is 4. The summed E-state index contributed by atoms with van der Waals surface area (Å²) in [5.74, 6) is -1.54. The van der Waals surface area contributed by atoms with Crippen LogP contribution in [0.2, 0.25) is 0 Å². The number of halogens is 1. The topological polar surface area (TPSA) is 102 Å². The second-order valence-corrected chi connectivity index (χ2v) is 11.7. The van der Waals surface area contributed by atoms with E-state index in [2.05, 4.69) is 5.32 Å². The Labute approximate surface area is 246 Å². The highest BCUT2D eigenvalue weighted by atomic mass is 19.1. The molecule has 2 aromatic carbocycles. The molecule has 1 spiro atoms. The lowest BCUT2D eigenvalue weighted by molar-refractivity contribution is -0.139. The molecule has 0 bridgehead atoms. The summed E-state index contributed by atoms with van der Waals surface area (Å²) in [4.78, 5) is 59.6. The number of likely N-dealkylation sites (N-methyl/N-ethyl adjacent to an activating group) is 2. The minimum atomic E-state index is -1.13. The van der Waals surface area contributed by atoms with Crippen LogP contribution in [0.3, 0.4) is 0 Å². The van der Waals surface area contributed by atoms with Crippen molar-refractivity contribution in [3.05, 3.63) is 59.4 Å². The predicted octanol–water partition coefficient (Wildman–Crippen LogP) is 3.29. The third-order valence-electron chi connectivity index (χ3n) is 8.00. The Balaban J connectivity index is 1.49. The zero-order valence-electron chi connectivity index (χ0n) is 25.1. The number of piperidine rings is 1. The highest BCUT2D eigenvalue weighted by Crippen LogP contribution is 2.40. The van der Waals surface area contributed by atoms with Crippen molar-refractivity contribution in [2.24, 2.45) is 5.92 Å². The summed E-state index contributed by atoms with van der Waals surface area (Å²) >= 11 is 0. The zero-order valence-corrected chi connectivity index (χ0v) is 25.1. The fraction of sp³-hybridized carbons (Fsp3) is 0.484. The minimum absolute atomic E-state index is 0.117. The van der Waals surface area contributed by atoms with Crippen LogP contribution >= 0.6 is 0 Å². The van der Waals surface area contributed by atoms with Gasteiger partial charge in [-0.3, -0.25) is 24.2 Å². The van der Waals surface area contributed by atoms with Crippen LogP contribution in [0.15, 0.2) is 42.5 Å². The molecule has 11 heteroatoms. The van der Waals surface area contributed by atoms with Crippen molar-refractivity contribution in [2.75, 3.05) is 52.3 Å². The molecule has 0 unspecified atom stereocenters. The van der Waals surface area contributed by atoms with Crippen LogP contribution in [-0.2, 0) is 9.59 Å². The molecule has 10 nitrogen and oxygen atoms in total. The number of aryl methyl sites for hydroxylation is 1. The molecule has 1 N–H and O–H groups in total. The zero-order chi connectivity index (χ0) is 30.8. The van der Waals surface area contributed by atoms with Gasteiger partial charge < -0.3 is 19.9 Å². The molecular weight excluding hydrogens is 541 g/mol. The highest BCUT2D eigenvalue weighted by Gasteiger charge is 2.58. The summed E-state index contributed by atoms with van der Waals surface area (Å²) < 4.78 is 20.1. The van der Waals surface area contributed by atoms with Gasteiger partial charge in [-0.15, -0.1) is 0 Å². The van der Waals surface area contributed by atoms with Gasteiger partial charge in [0.25, 0.3) is 11.8 Å². The van der Waals surface area contributed by atoms with E-state index >= 15 is 0 Å². The number of ether oxygens (including phenoxy) is 1. The van der Waals surface area contributed by atoms with Crippen LogP contribution in [0.4, 0.5) is 14.9 Å². The molecule has 0 saturated carbocycles. The van der Waals surface area contributed by atoms with E-state index in [1.165, 1.54) is 24.1 Å². The Hall–Kier alpha value is -3.99. The lowest BCUT2D eigenvalue weighted by Gasteiger charge is -2.43. The van der Waals surface area contributed by atoms with E-state index in [0.29, 0.717) is 18.0 Å². The van der Waals surface area contributed by atoms with Gasteiger partial charge in [0.2, 0.25) is 5.91 Å². The molecule has 2 aliphatic heterocycles. The maximum atomic E-state index is 14.3. The molecule has 2 fully saturated rings. The average molecular weight is 582 g/mol. The van der Waals surface area contributed by atoms with E-state index in [4.69, 9.17) is 4.74 Å². The van der Waals surface area contributed by atoms with Crippen molar-refractivity contribution in [3.63, 3.8) is 0 Å². The van der Waals surface area contributed by atoms with E-state index in [1.54, 1.807) is 42.2 Å². The monoisotopic (exact) mass is 581 g/mol. The summed E-state index contributed by atoms with van der Waals surface area (Å²) in [5, 5.41) is 2.72. The van der Waals surface area contributed by atoms with Gasteiger partial charge in [-0.25, -0.2) is 9.18 Å². The lowest BCUT2D eigenvalue weighted by Crippen LogP contribution is -2.60. The molecule has 2 heterocycles. The van der Waals surface area contributed by atoms with E-state index < -0.39 is 29.3 Å². The average Bonchev–Trinajstić information content (AvgIpc) is 3.13. The van der Waals surface area contributed by atoms with Crippen LogP contribution in [-0.4, -0.2) is 97.4 Å². The number of hydrogen-bond donors (Lipinski definition) is 1. The Morgan fingerprint density at radius 1 is 1.07 bits per heavy atom. The number of rotatable bonds is 9. The third-order valence-corrected chi connectivity index (χ3v) is 8.00. The van der Waals surface area contributed by atoms with Crippen LogP contribution in [0.25, 0.3) is 0 Å². The van der Waals surface area contributed by atoms with Crippen molar-refractivity contribution in [3.8, 4) is 5.75 Å². The standard InChI is InChI=1S/C31H40FN5O5/c1-20(2)26(33-27(38)24-19-21(3)7-12-25(24)32)28(39)36-15-13-31(14-16-36)29(40)35(6)30(41)37(31)22-8-10-23(11-9-22)42-18-17-34(4)5/h7-12,19-20,26H,13-18H2,1-6H3,(H,33,38)/t26-/m1/s1. The first kappa shape index (κ1) is 31.0. The molecule has 42 heavy (non-hydrogen) atoms. The fourth-order valence-electron chi connectivity index (χ4n) is 5.50. The van der Waals surface area contributed by atoms with Gasteiger partial charge in [0, 0.05) is 32.4 Å². The van der Waals surface area contributed by atoms with Crippen molar-refractivity contribution < 1.29 is 28.3 Å². The van der Waals surface area contributed by atoms with Crippen molar-refractivity contribution in [1.82, 2.24) is 20.0 Å². The van der Waals surface area contributed by atoms with Gasteiger partial charge in [0.05, 0.1) is 5.56 Å². The predicted molar refractivity (Wildman–Crippen MR) is 157 cm³/mol. The molecule has 1 atom stereocenters. The van der Waals surface area contributed by atoms with E-state index in [1.807, 2.05) is 32.8 Å². The molecule has 2 saturated heterocycles. The maximum absolute atomic E-state index is 14.3. The number of carbonyl (C=O) groups excluding carboxylic acids is 4. The first-order valence-electron chi connectivity index (χ1n) is 14.2. The van der Waals surface area contributed by atoms with E-state index in [0.717, 1.165) is 17.0 Å². The van der Waals surface area contributed by atoms with Gasteiger partial charge in [-0.1, -0.05) is 25.5 Å². The largest absolute Gasteiger partial charge is 0.492 e. The maximum Gasteiger partial charge on any atom is 0.331 e. The number of amides is 5. The third kappa shape index (κ3) is 6.11. The molecule has 2 aromatic rings. The molecule has 0 aliphatic carbocycles. The number of imide groups is 1. The van der Waals surface area contributed by atoms with Crippen molar-refractivity contribution in [2.45, 2.75) is 45.2 Å². The minimum Gasteiger partial charge on any atom is -0.492 e. The molecule has 4 rings (SSSR count). The highest BCUT2D eigenvalue weighted by molar-refractivity contribution is 6.16. The van der Waals surface area contributed by atoms with Crippen LogP contribution in [0.5, 0.6) is 5.75 Å². The number of urea groups is 1. The molecule has 5 amide bonds. The summed E-state index contributed by atoms with van der Waals surface area (Å²) in [7, 11) is 5.39. The first-order valence-corrected chi connectivity index (χ1v) is 14.2. The van der Waals surface area contributed by atoms with Gasteiger partial charge in [0.15, 0.2) is 0 Å². The van der Waals surface area contributed by atoms with Crippen LogP contribution in [0, 0.1) is 18.7 Å². The number of nitrogens with one attached hydrogen (secondary N) is 1. The Morgan fingerprint density at radius 2 is 1.71 bits per heavy atom. The second-order valence-electron chi connectivity index (χ2n) is 11.7. The van der Waals surface area contributed by atoms with Crippen molar-refractivity contribution >= 4 is 29.4 Å². The quantitative estimate of drug-likeness (QED) is 0.456. The molecular formula is C31H40FN5O5. The Bertz CT molecular complexity index is 1340. The fourth-order valence-corrected chi connectivity index (χ4v) is 5.50. The summed E-state index contributed by atoms with van der Waals surface area (Å²) in [6.45, 7) is 7.08. The number of benzene rings is 2. The smallest absolute Gasteiger partial charge is 0.331 e. The van der Waals surface area contributed by atoms with Gasteiger partial charge in [-0.05, 0) is 76.2 Å². The van der Waals surface area contributed by atoms with Gasteiger partial charge in [0.1, 0.15) is 29.8 Å². The SMILES string of the molecule is Cc1ccc(F)c(C(=O)N[C@@H](C(=O)N2CCC3(CC2)C(=O)N(C)C(=O)N3c2ccc(OCCN(C)C)cc2)C(C)C)c1. The molecule has 0 aromatic heterocycles. The first-order chi connectivity index (χ1) is 19.9. The summed E-state index contributed by atoms with van der Waals surface area (Å²) in [5.41, 5.74) is 0.0583. The Morgan fingerprint density at radius 3 is 2.31 bits per heavy atom. The van der Waals surface area contributed by atoms with Crippen LogP contribution in [0.1, 0.15) is 42.6 Å². The normalized spacial score (nSPS) is 17.4. The summed E-state index contributed by atoms with van der Waals surface area (Å²) in [6, 6.07) is 10.0. The lowest BCUT2D eigenvalue weighted by atomic mass is 9.85. The number of anilines is 1. The summed E-state index contributed by atoms with van der Waals surface area (Å²) in [6.07, 6.45) is 0.472. The number of likely N-dealkylation sites (tertiary alicyclic amines) is 1. The van der Waals surface area contributed by atoms with E-state index in [-0.39, 0.29) is 49.2 Å². The van der Waals surface area contributed by atoms with Crippen LogP contribution < -0.4 is 15.0 Å². The van der Waals surface area contributed by atoms with E-state index in [9.17, 15) is 23.6 Å². The van der Waals surface area contributed by atoms with Gasteiger partial charge >= 0.3 is 6.03 Å². The number of hydrogen-bond acceptors (Lipinski definition) is 6. The van der Waals surface area contributed by atoms with Crippen molar-refractivity contribution in [1.29, 1.82) is 0 Å². The molecule has 226 valence electrons. The molecule has 0 radical (unpaired) electrons. The molecule has 2 aliphatic rings. The van der Waals surface area contributed by atoms with Gasteiger partial charge in [-0.2, -0.15) is 0 Å². The number of carbonyl (C=O) groups is 4.